The van der Waals surface area contributed by atoms with Gasteiger partial charge in [-0.1, -0.05) is 0 Å². The van der Waals surface area contributed by atoms with Crippen LogP contribution >= 0.6 is 0 Å². The van der Waals surface area contributed by atoms with Gasteiger partial charge in [0.2, 0.25) is 5.91 Å². The Kier molecular flexibility index (Phi) is 9.89. The van der Waals surface area contributed by atoms with Gasteiger partial charge in [0.25, 0.3) is 0 Å². The minimum Gasteiger partial charge on any atom is -0.481 e. The van der Waals surface area contributed by atoms with Crippen LogP contribution in [-0.4, -0.2) is 51.9 Å². The van der Waals surface area contributed by atoms with E-state index in [0.29, 0.717) is 0 Å². The summed E-state index contributed by atoms with van der Waals surface area (Å²) < 4.78 is 0. The molecule has 0 aliphatic rings. The molecule has 0 spiro atoms. The van der Waals surface area contributed by atoms with Crippen LogP contribution in [0, 0.1) is 0 Å². The van der Waals surface area contributed by atoms with Crippen molar-refractivity contribution in [2.75, 3.05) is 6.61 Å². The SMILES string of the molecule is NC(=O)[C@H](N)CCC(=O)O.N[C@@H](CO)C(=O)O. The molecule has 0 radical (unpaired) electrons. The first kappa shape index (κ1) is 17.7. The lowest BCUT2D eigenvalue weighted by atomic mass is 10.1. The van der Waals surface area contributed by atoms with E-state index < -0.39 is 36.5 Å². The fraction of sp³-hybridized carbons (Fsp3) is 0.625. The van der Waals surface area contributed by atoms with Gasteiger partial charge in [0.15, 0.2) is 0 Å². The second-order valence-corrected chi connectivity index (χ2v) is 3.07. The number of carboxylic acid groups (broad SMARTS) is 2. The molecule has 1 amide bonds. The van der Waals surface area contributed by atoms with Crippen LogP contribution in [-0.2, 0) is 14.4 Å². The van der Waals surface area contributed by atoms with Gasteiger partial charge in [-0.05, 0) is 6.42 Å². The van der Waals surface area contributed by atoms with E-state index in [1.807, 2.05) is 0 Å². The molecule has 0 aliphatic carbocycles. The number of carboxylic acids is 2. The van der Waals surface area contributed by atoms with E-state index in [1.165, 1.54) is 0 Å². The summed E-state index contributed by atoms with van der Waals surface area (Å²) in [6, 6.07) is -1.96. The molecule has 0 saturated carbocycles. The first-order valence-electron chi connectivity index (χ1n) is 4.58. The Bertz CT molecular complexity index is 270. The zero-order chi connectivity index (χ0) is 14.0. The van der Waals surface area contributed by atoms with Crippen molar-refractivity contribution in [2.45, 2.75) is 24.9 Å². The third-order valence-electron chi connectivity index (χ3n) is 1.55. The minimum atomic E-state index is -1.18. The summed E-state index contributed by atoms with van der Waals surface area (Å²) >= 11 is 0. The zero-order valence-electron chi connectivity index (χ0n) is 9.07. The molecule has 0 aromatic heterocycles. The van der Waals surface area contributed by atoms with Gasteiger partial charge in [0.05, 0.1) is 12.6 Å². The van der Waals surface area contributed by atoms with Crippen molar-refractivity contribution in [3.05, 3.63) is 0 Å². The Morgan fingerprint density at radius 3 is 1.71 bits per heavy atom. The largest absolute Gasteiger partial charge is 0.481 e. The number of nitrogens with two attached hydrogens (primary N) is 3. The molecule has 0 heterocycles. The second-order valence-electron chi connectivity index (χ2n) is 3.07. The van der Waals surface area contributed by atoms with Gasteiger partial charge in [-0.25, -0.2) is 0 Å². The summed E-state index contributed by atoms with van der Waals surface area (Å²) in [6.45, 7) is -0.505. The summed E-state index contributed by atoms with van der Waals surface area (Å²) in [5.74, 6) is -2.82. The lowest BCUT2D eigenvalue weighted by molar-refractivity contribution is -0.139. The van der Waals surface area contributed by atoms with E-state index in [2.05, 4.69) is 0 Å². The maximum atomic E-state index is 10.2. The Hall–Kier alpha value is -1.71. The lowest BCUT2D eigenvalue weighted by Crippen LogP contribution is -2.36. The summed E-state index contributed by atoms with van der Waals surface area (Å²) in [6.07, 6.45) is -0.0191. The van der Waals surface area contributed by atoms with Crippen molar-refractivity contribution in [1.29, 1.82) is 0 Å². The maximum Gasteiger partial charge on any atom is 0.322 e. The van der Waals surface area contributed by atoms with Crippen LogP contribution in [0.25, 0.3) is 0 Å². The van der Waals surface area contributed by atoms with Crippen molar-refractivity contribution >= 4 is 17.8 Å². The standard InChI is InChI=1S/C5H10N2O3.C3H7NO3/c6-3(5(7)10)1-2-4(8)9;4-2(1-5)3(6)7/h3H,1-2,6H2,(H2,7,10)(H,8,9);2,5H,1,4H2,(H,6,7)/t3-;2-/m10/s1. The molecule has 2 atom stereocenters. The average molecular weight is 251 g/mol. The molecule has 9 heteroatoms. The molecule has 0 aliphatic heterocycles. The van der Waals surface area contributed by atoms with E-state index in [4.69, 9.17) is 32.5 Å². The van der Waals surface area contributed by atoms with Crippen LogP contribution in [0.4, 0.5) is 0 Å². The van der Waals surface area contributed by atoms with Gasteiger partial charge in [-0.3, -0.25) is 14.4 Å². The highest BCUT2D eigenvalue weighted by atomic mass is 16.4. The maximum absolute atomic E-state index is 10.2. The molecule has 0 aromatic rings. The molecule has 9 N–H and O–H groups in total. The van der Waals surface area contributed by atoms with E-state index in [9.17, 15) is 14.4 Å². The molecular weight excluding hydrogens is 234 g/mol. The number of hydrogen-bond acceptors (Lipinski definition) is 6. The Morgan fingerprint density at radius 2 is 1.53 bits per heavy atom. The van der Waals surface area contributed by atoms with Crippen LogP contribution in [0.1, 0.15) is 12.8 Å². The number of aliphatic hydroxyl groups excluding tert-OH is 1. The average Bonchev–Trinajstić information content (AvgIpc) is 2.24. The molecule has 0 rings (SSSR count). The zero-order valence-corrected chi connectivity index (χ0v) is 9.07. The van der Waals surface area contributed by atoms with Gasteiger partial charge in [-0.15, -0.1) is 0 Å². The number of rotatable bonds is 6. The fourth-order valence-electron chi connectivity index (χ4n) is 0.499. The number of primary amides is 1. The summed E-state index contributed by atoms with van der Waals surface area (Å²) in [5.41, 5.74) is 14.7. The normalized spacial score (nSPS) is 12.9. The second kappa shape index (κ2) is 9.51. The number of aliphatic carboxylic acids is 2. The molecule has 9 nitrogen and oxygen atoms in total. The van der Waals surface area contributed by atoms with Crippen molar-refractivity contribution < 1.29 is 29.7 Å². The summed E-state index contributed by atoms with van der Waals surface area (Å²) in [7, 11) is 0. The Balaban J connectivity index is 0. The van der Waals surface area contributed by atoms with E-state index >= 15 is 0 Å². The predicted octanol–water partition coefficient (Wildman–Crippen LogP) is -2.95. The van der Waals surface area contributed by atoms with Crippen molar-refractivity contribution in [2.24, 2.45) is 17.2 Å². The first-order chi connectivity index (χ1) is 7.72. The third-order valence-corrected chi connectivity index (χ3v) is 1.55. The van der Waals surface area contributed by atoms with Crippen LogP contribution in [0.3, 0.4) is 0 Å². The molecule has 100 valence electrons. The first-order valence-corrected chi connectivity index (χ1v) is 4.58. The molecule has 0 bridgehead atoms. The lowest BCUT2D eigenvalue weighted by Gasteiger charge is -2.02. The van der Waals surface area contributed by atoms with Crippen molar-refractivity contribution in [3.63, 3.8) is 0 Å². The monoisotopic (exact) mass is 251 g/mol. The highest BCUT2D eigenvalue weighted by Gasteiger charge is 2.10. The molecule has 0 unspecified atom stereocenters. The molecular formula is C8H17N3O6. The summed E-state index contributed by atoms with van der Waals surface area (Å²) in [5, 5.41) is 24.0. The smallest absolute Gasteiger partial charge is 0.322 e. The van der Waals surface area contributed by atoms with Crippen molar-refractivity contribution in [3.8, 4) is 0 Å². The van der Waals surface area contributed by atoms with E-state index in [1.54, 1.807) is 0 Å². The molecule has 17 heavy (non-hydrogen) atoms. The van der Waals surface area contributed by atoms with Crippen LogP contribution in [0.15, 0.2) is 0 Å². The topological polar surface area (TPSA) is 190 Å². The third kappa shape index (κ3) is 12.2. The fourth-order valence-corrected chi connectivity index (χ4v) is 0.499. The number of amides is 1. The molecule has 0 fully saturated rings. The van der Waals surface area contributed by atoms with Crippen LogP contribution in [0.2, 0.25) is 0 Å². The van der Waals surface area contributed by atoms with Gasteiger partial charge < -0.3 is 32.5 Å². The highest BCUT2D eigenvalue weighted by molar-refractivity contribution is 5.80. The quantitative estimate of drug-likeness (QED) is 0.288. The van der Waals surface area contributed by atoms with Gasteiger partial charge in [0, 0.05) is 6.42 Å². The molecule has 0 aromatic carbocycles. The van der Waals surface area contributed by atoms with Gasteiger partial charge in [0.1, 0.15) is 6.04 Å². The van der Waals surface area contributed by atoms with Gasteiger partial charge in [-0.2, -0.15) is 0 Å². The number of hydrogen-bond donors (Lipinski definition) is 6. The van der Waals surface area contributed by atoms with E-state index in [0.717, 1.165) is 0 Å². The van der Waals surface area contributed by atoms with Crippen LogP contribution in [0.5, 0.6) is 0 Å². The van der Waals surface area contributed by atoms with Gasteiger partial charge >= 0.3 is 11.9 Å². The Morgan fingerprint density at radius 1 is 1.06 bits per heavy atom. The number of aliphatic hydroxyl groups is 1. The summed E-state index contributed by atoms with van der Waals surface area (Å²) in [4.78, 5) is 29.8. The Labute approximate surface area is 97.2 Å². The highest BCUT2D eigenvalue weighted by Crippen LogP contribution is 1.92. The molecule has 0 saturated heterocycles. The van der Waals surface area contributed by atoms with E-state index in [-0.39, 0.29) is 12.8 Å². The minimum absolute atomic E-state index is 0.102. The number of carbonyl (C=O) groups excluding carboxylic acids is 1. The number of carbonyl (C=O) groups is 3. The van der Waals surface area contributed by atoms with Crippen LogP contribution < -0.4 is 17.2 Å². The predicted molar refractivity (Wildman–Crippen MR) is 56.7 cm³/mol. The van der Waals surface area contributed by atoms with Crippen molar-refractivity contribution in [1.82, 2.24) is 0 Å².